The van der Waals surface area contributed by atoms with E-state index in [0.29, 0.717) is 16.6 Å². The standard InChI is InChI=1S/C13H18BrNO4S/c1-3-4-5-6-15-20(18,19)10-7-11(13(16)17)9(2)12(14)8-10/h7-8,15H,3-6H2,1-2H3,(H,16,17). The number of rotatable bonds is 7. The number of unbranched alkanes of at least 4 members (excludes halogenated alkanes) is 2. The highest BCUT2D eigenvalue weighted by atomic mass is 79.9. The number of carboxylic acids is 1. The van der Waals surface area contributed by atoms with Crippen LogP contribution in [0, 0.1) is 6.92 Å². The van der Waals surface area contributed by atoms with Crippen molar-refractivity contribution in [2.45, 2.75) is 38.0 Å². The van der Waals surface area contributed by atoms with Crippen molar-refractivity contribution in [3.05, 3.63) is 27.7 Å². The fraction of sp³-hybridized carbons (Fsp3) is 0.462. The summed E-state index contributed by atoms with van der Waals surface area (Å²) in [5, 5.41) is 9.09. The van der Waals surface area contributed by atoms with Crippen molar-refractivity contribution in [3.8, 4) is 0 Å². The highest BCUT2D eigenvalue weighted by Crippen LogP contribution is 2.24. The predicted octanol–water partition coefficient (Wildman–Crippen LogP) is 2.92. The van der Waals surface area contributed by atoms with E-state index in [0.717, 1.165) is 19.3 Å². The van der Waals surface area contributed by atoms with Crippen LogP contribution in [0.5, 0.6) is 0 Å². The minimum Gasteiger partial charge on any atom is -0.478 e. The Bertz CT molecular complexity index is 599. The first kappa shape index (κ1) is 17.1. The molecule has 0 radical (unpaired) electrons. The smallest absolute Gasteiger partial charge is 0.336 e. The molecule has 1 aromatic carbocycles. The molecule has 0 bridgehead atoms. The second-order valence-corrected chi connectivity index (χ2v) is 7.11. The van der Waals surface area contributed by atoms with Gasteiger partial charge < -0.3 is 5.11 Å². The molecule has 0 aliphatic rings. The lowest BCUT2D eigenvalue weighted by atomic mass is 10.1. The van der Waals surface area contributed by atoms with E-state index in [9.17, 15) is 13.2 Å². The average Bonchev–Trinajstić information content (AvgIpc) is 2.37. The Balaban J connectivity index is 3.04. The van der Waals surface area contributed by atoms with E-state index in [4.69, 9.17) is 5.11 Å². The van der Waals surface area contributed by atoms with Crippen molar-refractivity contribution in [3.63, 3.8) is 0 Å². The van der Waals surface area contributed by atoms with Crippen LogP contribution in [-0.4, -0.2) is 26.0 Å². The summed E-state index contributed by atoms with van der Waals surface area (Å²) >= 11 is 3.20. The molecule has 1 aromatic rings. The molecule has 112 valence electrons. The zero-order chi connectivity index (χ0) is 15.3. The predicted molar refractivity (Wildman–Crippen MR) is 80.6 cm³/mol. The molecule has 0 fully saturated rings. The highest BCUT2D eigenvalue weighted by Gasteiger charge is 2.19. The largest absolute Gasteiger partial charge is 0.478 e. The van der Waals surface area contributed by atoms with Gasteiger partial charge in [-0.2, -0.15) is 0 Å². The Morgan fingerprint density at radius 3 is 2.55 bits per heavy atom. The van der Waals surface area contributed by atoms with Gasteiger partial charge in [0.25, 0.3) is 0 Å². The van der Waals surface area contributed by atoms with Gasteiger partial charge in [0, 0.05) is 11.0 Å². The van der Waals surface area contributed by atoms with Crippen molar-refractivity contribution in [2.24, 2.45) is 0 Å². The van der Waals surface area contributed by atoms with Gasteiger partial charge in [-0.3, -0.25) is 0 Å². The molecule has 0 aromatic heterocycles. The third-order valence-corrected chi connectivity index (χ3v) is 5.20. The fourth-order valence-corrected chi connectivity index (χ4v) is 3.43. The molecular weight excluding hydrogens is 346 g/mol. The van der Waals surface area contributed by atoms with E-state index >= 15 is 0 Å². The molecule has 0 aliphatic heterocycles. The number of carbonyl (C=O) groups is 1. The fourth-order valence-electron chi connectivity index (χ4n) is 1.70. The van der Waals surface area contributed by atoms with Crippen LogP contribution >= 0.6 is 15.9 Å². The molecular formula is C13H18BrNO4S. The average molecular weight is 364 g/mol. The maximum Gasteiger partial charge on any atom is 0.336 e. The zero-order valence-corrected chi connectivity index (χ0v) is 13.8. The van der Waals surface area contributed by atoms with Crippen LogP contribution in [0.1, 0.15) is 42.1 Å². The maximum atomic E-state index is 12.1. The van der Waals surface area contributed by atoms with Gasteiger partial charge in [-0.15, -0.1) is 0 Å². The molecule has 0 saturated carbocycles. The third-order valence-electron chi connectivity index (χ3n) is 2.93. The van der Waals surface area contributed by atoms with E-state index in [1.54, 1.807) is 6.92 Å². The summed E-state index contributed by atoms with van der Waals surface area (Å²) < 4.78 is 27.2. The topological polar surface area (TPSA) is 83.5 Å². The first-order valence-corrected chi connectivity index (χ1v) is 8.60. The summed E-state index contributed by atoms with van der Waals surface area (Å²) in [4.78, 5) is 11.1. The van der Waals surface area contributed by atoms with Gasteiger partial charge in [-0.25, -0.2) is 17.9 Å². The summed E-state index contributed by atoms with van der Waals surface area (Å²) in [5.74, 6) is -1.15. The number of carboxylic acid groups (broad SMARTS) is 1. The number of aromatic carboxylic acids is 1. The molecule has 0 unspecified atom stereocenters. The molecule has 0 saturated heterocycles. The number of benzene rings is 1. The first-order chi connectivity index (χ1) is 9.29. The Morgan fingerprint density at radius 2 is 2.00 bits per heavy atom. The van der Waals surface area contributed by atoms with Gasteiger partial charge in [0.15, 0.2) is 0 Å². The highest BCUT2D eigenvalue weighted by molar-refractivity contribution is 9.10. The van der Waals surface area contributed by atoms with Crippen molar-refractivity contribution < 1.29 is 18.3 Å². The third kappa shape index (κ3) is 4.29. The van der Waals surface area contributed by atoms with Crippen LogP contribution in [0.4, 0.5) is 0 Å². The summed E-state index contributed by atoms with van der Waals surface area (Å²) in [5.41, 5.74) is 0.482. The number of nitrogens with one attached hydrogen (secondary N) is 1. The second-order valence-electron chi connectivity index (χ2n) is 4.49. The number of sulfonamides is 1. The summed E-state index contributed by atoms with van der Waals surface area (Å²) in [6.07, 6.45) is 2.70. The normalized spacial score (nSPS) is 11.6. The molecule has 0 spiro atoms. The second kappa shape index (κ2) is 7.19. The lowest BCUT2D eigenvalue weighted by Gasteiger charge is -2.10. The van der Waals surface area contributed by atoms with Crippen LogP contribution in [0.3, 0.4) is 0 Å². The van der Waals surface area contributed by atoms with E-state index in [1.165, 1.54) is 12.1 Å². The number of halogens is 1. The number of hydrogen-bond acceptors (Lipinski definition) is 3. The van der Waals surface area contributed by atoms with Crippen molar-refractivity contribution in [1.29, 1.82) is 0 Å². The van der Waals surface area contributed by atoms with Crippen LogP contribution in [0.2, 0.25) is 0 Å². The lowest BCUT2D eigenvalue weighted by molar-refractivity contribution is 0.0695. The molecule has 20 heavy (non-hydrogen) atoms. The summed E-state index contributed by atoms with van der Waals surface area (Å²) in [6, 6.07) is 2.61. The minimum absolute atomic E-state index is 0.0201. The van der Waals surface area contributed by atoms with E-state index < -0.39 is 16.0 Å². The van der Waals surface area contributed by atoms with E-state index in [-0.39, 0.29) is 10.5 Å². The van der Waals surface area contributed by atoms with Gasteiger partial charge in [0.05, 0.1) is 10.5 Å². The van der Waals surface area contributed by atoms with Crippen LogP contribution in [0.25, 0.3) is 0 Å². The Morgan fingerprint density at radius 1 is 1.35 bits per heavy atom. The SMILES string of the molecule is CCCCCNS(=O)(=O)c1cc(Br)c(C)c(C(=O)O)c1. The molecule has 0 heterocycles. The van der Waals surface area contributed by atoms with Crippen LogP contribution < -0.4 is 4.72 Å². The first-order valence-electron chi connectivity index (χ1n) is 6.32. The van der Waals surface area contributed by atoms with Crippen LogP contribution in [0.15, 0.2) is 21.5 Å². The molecule has 1 rings (SSSR count). The lowest BCUT2D eigenvalue weighted by Crippen LogP contribution is -2.25. The van der Waals surface area contributed by atoms with Crippen molar-refractivity contribution in [2.75, 3.05) is 6.54 Å². The Kier molecular flexibility index (Phi) is 6.16. The van der Waals surface area contributed by atoms with Gasteiger partial charge in [-0.1, -0.05) is 35.7 Å². The minimum atomic E-state index is -3.68. The van der Waals surface area contributed by atoms with Gasteiger partial charge in [0.2, 0.25) is 10.0 Å². The molecule has 5 nitrogen and oxygen atoms in total. The Hall–Kier alpha value is -0.920. The van der Waals surface area contributed by atoms with Crippen molar-refractivity contribution >= 4 is 31.9 Å². The van der Waals surface area contributed by atoms with E-state index in [1.807, 2.05) is 6.92 Å². The summed E-state index contributed by atoms with van der Waals surface area (Å²) in [6.45, 7) is 4.01. The van der Waals surface area contributed by atoms with Gasteiger partial charge in [-0.05, 0) is 31.0 Å². The quantitative estimate of drug-likeness (QED) is 0.729. The number of hydrogen-bond donors (Lipinski definition) is 2. The van der Waals surface area contributed by atoms with Gasteiger partial charge >= 0.3 is 5.97 Å². The molecule has 0 atom stereocenters. The maximum absolute atomic E-state index is 12.1. The van der Waals surface area contributed by atoms with E-state index in [2.05, 4.69) is 20.7 Å². The van der Waals surface area contributed by atoms with Crippen LogP contribution in [-0.2, 0) is 10.0 Å². The summed E-state index contributed by atoms with van der Waals surface area (Å²) in [7, 11) is -3.68. The molecule has 0 aliphatic carbocycles. The molecule has 2 N–H and O–H groups in total. The monoisotopic (exact) mass is 363 g/mol. The molecule has 7 heteroatoms. The Labute approximate surface area is 127 Å². The van der Waals surface area contributed by atoms with Crippen molar-refractivity contribution in [1.82, 2.24) is 4.72 Å². The molecule has 0 amide bonds. The van der Waals surface area contributed by atoms with Gasteiger partial charge in [0.1, 0.15) is 0 Å². The zero-order valence-electron chi connectivity index (χ0n) is 11.4.